The number of rotatable bonds is 5. The normalized spacial score (nSPS) is 20.1. The molecule has 1 aliphatic heterocycles. The molecule has 4 rings (SSSR count). The Labute approximate surface area is 238 Å². The lowest BCUT2D eigenvalue weighted by Crippen LogP contribution is -2.62. The van der Waals surface area contributed by atoms with Gasteiger partial charge in [0.05, 0.1) is 11.0 Å². The lowest BCUT2D eigenvalue weighted by molar-refractivity contribution is -0.152. The second-order valence-corrected chi connectivity index (χ2v) is 15.1. The average molecular weight is 554 g/mol. The van der Waals surface area contributed by atoms with Crippen molar-refractivity contribution in [2.24, 2.45) is 10.8 Å². The molecule has 0 aromatic carbocycles. The zero-order valence-electron chi connectivity index (χ0n) is 25.8. The smallest absolute Gasteiger partial charge is 0.309 e. The summed E-state index contributed by atoms with van der Waals surface area (Å²) in [5, 5.41) is 9.43. The third kappa shape index (κ3) is 6.06. The van der Waals surface area contributed by atoms with Crippen LogP contribution in [0, 0.1) is 10.8 Å². The molecule has 2 fully saturated rings. The van der Waals surface area contributed by atoms with Gasteiger partial charge in [-0.1, -0.05) is 34.6 Å². The molecule has 1 aliphatic carbocycles. The van der Waals surface area contributed by atoms with Crippen LogP contribution in [0.4, 0.5) is 0 Å². The summed E-state index contributed by atoms with van der Waals surface area (Å²) in [4.78, 5) is 46.7. The first kappa shape index (κ1) is 30.1. The number of carbonyl (C=O) groups excluding carboxylic acids is 2. The van der Waals surface area contributed by atoms with Crippen molar-refractivity contribution in [3.8, 4) is 0 Å². The Morgan fingerprint density at radius 2 is 1.65 bits per heavy atom. The van der Waals surface area contributed by atoms with Crippen LogP contribution in [0.25, 0.3) is 11.1 Å². The van der Waals surface area contributed by atoms with E-state index < -0.39 is 16.9 Å². The van der Waals surface area contributed by atoms with Crippen LogP contribution in [0.3, 0.4) is 0 Å². The maximum Gasteiger partial charge on any atom is 0.309 e. The van der Waals surface area contributed by atoms with E-state index in [1.165, 1.54) is 12.8 Å². The van der Waals surface area contributed by atoms with Gasteiger partial charge in [-0.05, 0) is 70.3 Å². The molecule has 8 heteroatoms. The summed E-state index contributed by atoms with van der Waals surface area (Å²) < 4.78 is 6.28. The Morgan fingerprint density at radius 3 is 2.20 bits per heavy atom. The minimum absolute atomic E-state index is 0.0853. The van der Waals surface area contributed by atoms with Crippen molar-refractivity contribution in [2.75, 3.05) is 19.6 Å². The average Bonchev–Trinajstić information content (AvgIpc) is 3.25. The molecule has 0 radical (unpaired) electrons. The fourth-order valence-electron chi connectivity index (χ4n) is 6.05. The lowest BCUT2D eigenvalue weighted by atomic mass is 9.72. The number of aliphatic carboxylic acids is 1. The van der Waals surface area contributed by atoms with Crippen LogP contribution in [-0.2, 0) is 15.0 Å². The molecule has 0 atom stereocenters. The van der Waals surface area contributed by atoms with Gasteiger partial charge < -0.3 is 19.3 Å². The van der Waals surface area contributed by atoms with Crippen LogP contribution in [0.5, 0.6) is 0 Å². The standard InChI is InChI=1S/C32H47N3O5/c1-29(2,3)21-16-22(20-10-12-30(4,5)13-11-20)33-23-17-24(40-26(21)23)27(37)35-15-14-34(19-32(35,8)9)25(36)18-31(6,7)28(38)39/h16-17,20H,10-15,18-19H2,1-9H3,(H,38,39). The van der Waals surface area contributed by atoms with Crippen LogP contribution >= 0.6 is 0 Å². The molecular weight excluding hydrogens is 506 g/mol. The van der Waals surface area contributed by atoms with Crippen LogP contribution in [-0.4, -0.2) is 62.8 Å². The molecule has 2 amide bonds. The van der Waals surface area contributed by atoms with Crippen LogP contribution < -0.4 is 0 Å². The van der Waals surface area contributed by atoms with E-state index >= 15 is 0 Å². The number of furan rings is 1. The van der Waals surface area contributed by atoms with Gasteiger partial charge in [0.1, 0.15) is 5.52 Å². The first-order chi connectivity index (χ1) is 18.3. The number of carbonyl (C=O) groups is 3. The number of carboxylic acids is 1. The third-order valence-corrected chi connectivity index (χ3v) is 8.95. The molecule has 1 saturated heterocycles. The molecule has 8 nitrogen and oxygen atoms in total. The quantitative estimate of drug-likeness (QED) is 0.461. The number of amides is 2. The molecular formula is C32H47N3O5. The van der Waals surface area contributed by atoms with Crippen molar-refractivity contribution >= 4 is 28.9 Å². The van der Waals surface area contributed by atoms with E-state index in [2.05, 4.69) is 40.7 Å². The molecule has 0 unspecified atom stereocenters. The van der Waals surface area contributed by atoms with E-state index in [0.717, 1.165) is 29.6 Å². The summed E-state index contributed by atoms with van der Waals surface area (Å²) in [7, 11) is 0. The highest BCUT2D eigenvalue weighted by Crippen LogP contribution is 2.43. The SMILES string of the molecule is CC1(C)CCC(c2cc(C(C)(C)C)c3oc(C(=O)N4CCN(C(=O)CC(C)(C)C(=O)O)CC4(C)C)cc3n2)CC1. The minimum Gasteiger partial charge on any atom is -0.481 e. The van der Waals surface area contributed by atoms with E-state index in [0.29, 0.717) is 36.6 Å². The van der Waals surface area contributed by atoms with E-state index in [4.69, 9.17) is 9.40 Å². The van der Waals surface area contributed by atoms with Gasteiger partial charge >= 0.3 is 5.97 Å². The Balaban J connectivity index is 1.59. The predicted molar refractivity (Wildman–Crippen MR) is 155 cm³/mol. The maximum absolute atomic E-state index is 13.8. The Hall–Kier alpha value is -2.90. The summed E-state index contributed by atoms with van der Waals surface area (Å²) in [6.45, 7) is 19.1. The first-order valence-electron chi connectivity index (χ1n) is 14.6. The molecule has 3 heterocycles. The minimum atomic E-state index is -1.15. The number of aromatic nitrogens is 1. The van der Waals surface area contributed by atoms with Crippen molar-refractivity contribution in [1.29, 1.82) is 0 Å². The highest BCUT2D eigenvalue weighted by Gasteiger charge is 2.42. The highest BCUT2D eigenvalue weighted by molar-refractivity contribution is 5.96. The van der Waals surface area contributed by atoms with Gasteiger partial charge in [0, 0.05) is 49.3 Å². The number of pyridine rings is 1. The molecule has 0 bridgehead atoms. The van der Waals surface area contributed by atoms with Gasteiger partial charge in [0.2, 0.25) is 5.91 Å². The van der Waals surface area contributed by atoms with Crippen molar-refractivity contribution in [3.63, 3.8) is 0 Å². The van der Waals surface area contributed by atoms with E-state index in [9.17, 15) is 19.5 Å². The Morgan fingerprint density at radius 1 is 1.02 bits per heavy atom. The molecule has 1 N–H and O–H groups in total. The Bertz CT molecular complexity index is 1300. The lowest BCUT2D eigenvalue weighted by Gasteiger charge is -2.47. The summed E-state index contributed by atoms with van der Waals surface area (Å²) in [5.74, 6) is -0.772. The van der Waals surface area contributed by atoms with Crippen LogP contribution in [0.15, 0.2) is 16.5 Å². The predicted octanol–water partition coefficient (Wildman–Crippen LogP) is 6.37. The molecule has 2 aromatic rings. The van der Waals surface area contributed by atoms with Gasteiger partial charge in [0.15, 0.2) is 11.3 Å². The van der Waals surface area contributed by atoms with Crippen molar-refractivity contribution < 1.29 is 23.9 Å². The van der Waals surface area contributed by atoms with Gasteiger partial charge in [-0.25, -0.2) is 4.98 Å². The van der Waals surface area contributed by atoms with Gasteiger partial charge in [0.25, 0.3) is 5.91 Å². The molecule has 2 aliphatic rings. The summed E-state index contributed by atoms with van der Waals surface area (Å²) in [5.41, 5.74) is 1.92. The number of hydrogen-bond donors (Lipinski definition) is 1. The second kappa shape index (κ2) is 10.2. The Kier molecular flexibility index (Phi) is 7.65. The number of hydrogen-bond acceptors (Lipinski definition) is 5. The molecule has 1 saturated carbocycles. The van der Waals surface area contributed by atoms with Gasteiger partial charge in [-0.2, -0.15) is 0 Å². The van der Waals surface area contributed by atoms with Crippen molar-refractivity contribution in [2.45, 2.75) is 111 Å². The molecule has 40 heavy (non-hydrogen) atoms. The van der Waals surface area contributed by atoms with Crippen LogP contribution in [0.2, 0.25) is 0 Å². The second-order valence-electron chi connectivity index (χ2n) is 15.1. The van der Waals surface area contributed by atoms with E-state index in [-0.39, 0.29) is 29.4 Å². The molecule has 0 spiro atoms. The summed E-state index contributed by atoms with van der Waals surface area (Å²) in [6, 6.07) is 3.97. The third-order valence-electron chi connectivity index (χ3n) is 8.95. The van der Waals surface area contributed by atoms with E-state index in [1.807, 2.05) is 13.8 Å². The fourth-order valence-corrected chi connectivity index (χ4v) is 6.05. The number of fused-ring (bicyclic) bond motifs is 1. The monoisotopic (exact) mass is 553 g/mol. The number of nitrogens with zero attached hydrogens (tertiary/aromatic N) is 3. The summed E-state index contributed by atoms with van der Waals surface area (Å²) >= 11 is 0. The molecule has 220 valence electrons. The highest BCUT2D eigenvalue weighted by atomic mass is 16.4. The van der Waals surface area contributed by atoms with Crippen molar-refractivity contribution in [1.82, 2.24) is 14.8 Å². The largest absolute Gasteiger partial charge is 0.481 e. The van der Waals surface area contributed by atoms with Crippen molar-refractivity contribution in [3.05, 3.63) is 29.2 Å². The maximum atomic E-state index is 13.8. The molecule has 2 aromatic heterocycles. The zero-order valence-corrected chi connectivity index (χ0v) is 25.8. The van der Waals surface area contributed by atoms with Gasteiger partial charge in [-0.15, -0.1) is 0 Å². The zero-order chi connectivity index (χ0) is 29.8. The fraction of sp³-hybridized carbons (Fsp3) is 0.688. The first-order valence-corrected chi connectivity index (χ1v) is 14.6. The topological polar surface area (TPSA) is 104 Å². The summed E-state index contributed by atoms with van der Waals surface area (Å²) in [6.07, 6.45) is 4.49. The van der Waals surface area contributed by atoms with E-state index in [1.54, 1.807) is 29.7 Å². The van der Waals surface area contributed by atoms with Crippen LogP contribution in [0.1, 0.15) is 122 Å². The number of carboxylic acid groups (broad SMARTS) is 1. The van der Waals surface area contributed by atoms with Gasteiger partial charge in [-0.3, -0.25) is 14.4 Å². The number of piperazine rings is 1.